The number of aromatic nitrogens is 1. The molecule has 0 saturated carbocycles. The molecule has 0 atom stereocenters. The summed E-state index contributed by atoms with van der Waals surface area (Å²) in [5, 5.41) is 5.96. The van der Waals surface area contributed by atoms with Crippen molar-refractivity contribution in [3.05, 3.63) is 23.9 Å². The average molecular weight is 251 g/mol. The number of carbonyl (C=O) groups is 1. The molecule has 0 aromatic carbocycles. The van der Waals surface area contributed by atoms with Gasteiger partial charge in [-0.1, -0.05) is 0 Å². The first-order valence-electron chi connectivity index (χ1n) is 6.25. The van der Waals surface area contributed by atoms with Gasteiger partial charge in [0.05, 0.1) is 0 Å². The van der Waals surface area contributed by atoms with E-state index in [2.05, 4.69) is 15.6 Å². The first-order chi connectivity index (χ1) is 8.77. The first kappa shape index (κ1) is 14.4. The minimum atomic E-state index is -0.0611. The van der Waals surface area contributed by atoms with Gasteiger partial charge in [-0.15, -0.1) is 0 Å². The van der Waals surface area contributed by atoms with E-state index in [1.807, 2.05) is 6.92 Å². The van der Waals surface area contributed by atoms with Gasteiger partial charge in [0.2, 0.25) is 0 Å². The molecule has 0 unspecified atom stereocenters. The number of rotatable bonds is 8. The van der Waals surface area contributed by atoms with Crippen molar-refractivity contribution in [3.8, 4) is 0 Å². The second-order valence-corrected chi connectivity index (χ2v) is 3.92. The molecule has 18 heavy (non-hydrogen) atoms. The van der Waals surface area contributed by atoms with Crippen molar-refractivity contribution in [3.63, 3.8) is 0 Å². The fourth-order valence-corrected chi connectivity index (χ4v) is 1.52. The fourth-order valence-electron chi connectivity index (χ4n) is 1.52. The number of nitrogens with zero attached hydrogens (tertiary/aromatic N) is 1. The molecule has 1 aromatic heterocycles. The maximum absolute atomic E-state index is 11.8. The summed E-state index contributed by atoms with van der Waals surface area (Å²) < 4.78 is 4.95. The van der Waals surface area contributed by atoms with Gasteiger partial charge in [0.25, 0.3) is 5.91 Å². The highest BCUT2D eigenvalue weighted by Gasteiger charge is 2.05. The number of carbonyl (C=O) groups excluding carboxylic acids is 1. The van der Waals surface area contributed by atoms with E-state index in [0.717, 1.165) is 31.8 Å². The van der Waals surface area contributed by atoms with Crippen LogP contribution >= 0.6 is 0 Å². The monoisotopic (exact) mass is 251 g/mol. The SMILES string of the molecule is CCNc1cc(C(=O)NCCCCOC)ccn1. The Hall–Kier alpha value is -1.62. The Balaban J connectivity index is 2.38. The van der Waals surface area contributed by atoms with Gasteiger partial charge in [-0.3, -0.25) is 4.79 Å². The van der Waals surface area contributed by atoms with Gasteiger partial charge >= 0.3 is 0 Å². The van der Waals surface area contributed by atoms with Crippen LogP contribution in [0.25, 0.3) is 0 Å². The quantitative estimate of drug-likeness (QED) is 0.690. The third kappa shape index (κ3) is 5.14. The van der Waals surface area contributed by atoms with E-state index in [0.29, 0.717) is 12.1 Å². The number of hydrogen-bond donors (Lipinski definition) is 2. The summed E-state index contributed by atoms with van der Waals surface area (Å²) >= 11 is 0. The molecule has 0 spiro atoms. The second kappa shape index (κ2) is 8.47. The standard InChI is InChI=1S/C13H21N3O2/c1-3-14-12-10-11(6-8-15-12)13(17)16-7-4-5-9-18-2/h6,8,10H,3-5,7,9H2,1-2H3,(H,14,15)(H,16,17). The number of methoxy groups -OCH3 is 1. The lowest BCUT2D eigenvalue weighted by molar-refractivity contribution is 0.0951. The lowest BCUT2D eigenvalue weighted by Gasteiger charge is -2.07. The van der Waals surface area contributed by atoms with Gasteiger partial charge in [0.15, 0.2) is 0 Å². The fraction of sp³-hybridized carbons (Fsp3) is 0.538. The van der Waals surface area contributed by atoms with Gasteiger partial charge in [0.1, 0.15) is 5.82 Å². The first-order valence-corrected chi connectivity index (χ1v) is 6.25. The Morgan fingerprint density at radius 3 is 3.00 bits per heavy atom. The van der Waals surface area contributed by atoms with Crippen LogP contribution in [0.3, 0.4) is 0 Å². The van der Waals surface area contributed by atoms with Crippen LogP contribution in [0.1, 0.15) is 30.1 Å². The zero-order valence-electron chi connectivity index (χ0n) is 11.0. The molecule has 0 bridgehead atoms. The molecule has 1 amide bonds. The number of anilines is 1. The van der Waals surface area contributed by atoms with E-state index in [1.165, 1.54) is 0 Å². The van der Waals surface area contributed by atoms with Crippen LogP contribution in [0.15, 0.2) is 18.3 Å². The number of hydrogen-bond acceptors (Lipinski definition) is 4. The Bertz CT molecular complexity index is 369. The molecule has 0 aliphatic heterocycles. The highest BCUT2D eigenvalue weighted by atomic mass is 16.5. The largest absolute Gasteiger partial charge is 0.385 e. The smallest absolute Gasteiger partial charge is 0.251 e. The second-order valence-electron chi connectivity index (χ2n) is 3.92. The van der Waals surface area contributed by atoms with Gasteiger partial charge in [-0.05, 0) is 31.9 Å². The Morgan fingerprint density at radius 1 is 1.44 bits per heavy atom. The van der Waals surface area contributed by atoms with Crippen LogP contribution in [-0.2, 0) is 4.74 Å². The highest BCUT2D eigenvalue weighted by Crippen LogP contribution is 2.06. The van der Waals surface area contributed by atoms with Crippen molar-refractivity contribution in [2.45, 2.75) is 19.8 Å². The van der Waals surface area contributed by atoms with Crippen LogP contribution in [0.4, 0.5) is 5.82 Å². The molecule has 1 rings (SSSR count). The zero-order chi connectivity index (χ0) is 13.2. The molecule has 0 aliphatic carbocycles. The predicted octanol–water partition coefficient (Wildman–Crippen LogP) is 1.67. The summed E-state index contributed by atoms with van der Waals surface area (Å²) in [6, 6.07) is 3.47. The van der Waals surface area contributed by atoms with Crippen molar-refractivity contribution < 1.29 is 9.53 Å². The van der Waals surface area contributed by atoms with Crippen LogP contribution in [0.5, 0.6) is 0 Å². The lowest BCUT2D eigenvalue weighted by Crippen LogP contribution is -2.24. The summed E-state index contributed by atoms with van der Waals surface area (Å²) in [5.41, 5.74) is 0.632. The van der Waals surface area contributed by atoms with Gasteiger partial charge < -0.3 is 15.4 Å². The third-order valence-electron chi connectivity index (χ3n) is 2.44. The molecule has 1 aromatic rings. The highest BCUT2D eigenvalue weighted by molar-refractivity contribution is 5.94. The van der Waals surface area contributed by atoms with E-state index in [-0.39, 0.29) is 5.91 Å². The molecule has 0 aliphatic rings. The molecule has 100 valence electrons. The third-order valence-corrected chi connectivity index (χ3v) is 2.44. The summed E-state index contributed by atoms with van der Waals surface area (Å²) in [4.78, 5) is 16.0. The van der Waals surface area contributed by atoms with Crippen molar-refractivity contribution in [2.75, 3.05) is 32.1 Å². The Morgan fingerprint density at radius 2 is 2.28 bits per heavy atom. The van der Waals surface area contributed by atoms with Crippen LogP contribution in [-0.4, -0.2) is 37.7 Å². The van der Waals surface area contributed by atoms with E-state index in [4.69, 9.17) is 4.74 Å². The summed E-state index contributed by atoms with van der Waals surface area (Å²) in [6.45, 7) is 4.18. The number of amides is 1. The van der Waals surface area contributed by atoms with E-state index >= 15 is 0 Å². The topological polar surface area (TPSA) is 63.2 Å². The number of nitrogens with one attached hydrogen (secondary N) is 2. The van der Waals surface area contributed by atoms with Crippen molar-refractivity contribution >= 4 is 11.7 Å². The number of pyridine rings is 1. The molecular formula is C13H21N3O2. The predicted molar refractivity (Wildman–Crippen MR) is 71.8 cm³/mol. The number of unbranched alkanes of at least 4 members (excludes halogenated alkanes) is 1. The van der Waals surface area contributed by atoms with Crippen LogP contribution in [0.2, 0.25) is 0 Å². The maximum atomic E-state index is 11.8. The summed E-state index contributed by atoms with van der Waals surface area (Å²) in [5.74, 6) is 0.665. The van der Waals surface area contributed by atoms with Crippen molar-refractivity contribution in [1.82, 2.24) is 10.3 Å². The van der Waals surface area contributed by atoms with Crippen LogP contribution in [0, 0.1) is 0 Å². The van der Waals surface area contributed by atoms with Crippen molar-refractivity contribution in [2.24, 2.45) is 0 Å². The average Bonchev–Trinajstić information content (AvgIpc) is 2.39. The minimum Gasteiger partial charge on any atom is -0.385 e. The van der Waals surface area contributed by atoms with Gasteiger partial charge in [-0.25, -0.2) is 4.98 Å². The summed E-state index contributed by atoms with van der Waals surface area (Å²) in [6.07, 6.45) is 3.51. The molecular weight excluding hydrogens is 230 g/mol. The molecule has 0 radical (unpaired) electrons. The lowest BCUT2D eigenvalue weighted by atomic mass is 10.2. The molecule has 0 saturated heterocycles. The maximum Gasteiger partial charge on any atom is 0.251 e. The molecule has 5 nitrogen and oxygen atoms in total. The normalized spacial score (nSPS) is 10.1. The molecule has 1 heterocycles. The zero-order valence-corrected chi connectivity index (χ0v) is 11.0. The molecule has 0 fully saturated rings. The van der Waals surface area contributed by atoms with Crippen LogP contribution < -0.4 is 10.6 Å². The van der Waals surface area contributed by atoms with E-state index < -0.39 is 0 Å². The molecule has 5 heteroatoms. The van der Waals surface area contributed by atoms with E-state index in [1.54, 1.807) is 25.4 Å². The van der Waals surface area contributed by atoms with Gasteiger partial charge in [0, 0.05) is 38.6 Å². The number of ether oxygens (including phenoxy) is 1. The Kier molecular flexibility index (Phi) is 6.79. The van der Waals surface area contributed by atoms with Gasteiger partial charge in [-0.2, -0.15) is 0 Å². The van der Waals surface area contributed by atoms with Crippen molar-refractivity contribution in [1.29, 1.82) is 0 Å². The summed E-state index contributed by atoms with van der Waals surface area (Å²) in [7, 11) is 1.68. The Labute approximate surface area is 108 Å². The molecule has 2 N–H and O–H groups in total. The minimum absolute atomic E-state index is 0.0611. The van der Waals surface area contributed by atoms with E-state index in [9.17, 15) is 4.79 Å².